The molecule has 0 bridgehead atoms. The lowest BCUT2D eigenvalue weighted by Crippen LogP contribution is -2.35. The molecule has 1 aliphatic carbocycles. The first kappa shape index (κ1) is 21.0. The Morgan fingerprint density at radius 2 is 1.04 bits per heavy atom. The van der Waals surface area contributed by atoms with Crippen molar-refractivity contribution in [1.29, 1.82) is 0 Å². The smallest absolute Gasteiger partial charge is 0.0243 e. The van der Waals surface area contributed by atoms with Crippen molar-refractivity contribution in [2.75, 3.05) is 0 Å². The summed E-state index contributed by atoms with van der Waals surface area (Å²) in [4.78, 5) is 0. The van der Waals surface area contributed by atoms with Gasteiger partial charge in [-0.15, -0.1) is 0 Å². The largest absolute Gasteiger partial charge is 0.0651 e. The Morgan fingerprint density at radius 1 is 0.609 bits per heavy atom. The predicted molar refractivity (Wildman–Crippen MR) is 106 cm³/mol. The van der Waals surface area contributed by atoms with Crippen LogP contribution in [-0.4, -0.2) is 0 Å². The van der Waals surface area contributed by atoms with Crippen LogP contribution in [0.5, 0.6) is 0 Å². The quantitative estimate of drug-likeness (QED) is 0.387. The van der Waals surface area contributed by atoms with Crippen LogP contribution in [0.3, 0.4) is 0 Å². The fourth-order valence-electron chi connectivity index (χ4n) is 5.25. The van der Waals surface area contributed by atoms with Crippen molar-refractivity contribution >= 4 is 0 Å². The molecule has 1 aliphatic rings. The zero-order chi connectivity index (χ0) is 17.9. The Hall–Kier alpha value is 0. The van der Waals surface area contributed by atoms with E-state index in [1.54, 1.807) is 0 Å². The van der Waals surface area contributed by atoms with E-state index in [2.05, 4.69) is 69.2 Å². The highest BCUT2D eigenvalue weighted by Gasteiger charge is 2.52. The summed E-state index contributed by atoms with van der Waals surface area (Å²) in [5.74, 6) is 6.78. The van der Waals surface area contributed by atoms with E-state index in [1.807, 2.05) is 0 Å². The van der Waals surface area contributed by atoms with Crippen LogP contribution in [0.4, 0.5) is 0 Å². The Labute approximate surface area is 148 Å². The van der Waals surface area contributed by atoms with Gasteiger partial charge in [0.2, 0.25) is 0 Å². The highest BCUT2D eigenvalue weighted by molar-refractivity contribution is 5.02. The average Bonchev–Trinajstić information content (AvgIpc) is 3.37. The van der Waals surface area contributed by atoms with Gasteiger partial charge in [0.25, 0.3) is 0 Å². The molecule has 0 aromatic heterocycles. The van der Waals surface area contributed by atoms with Crippen molar-refractivity contribution < 1.29 is 0 Å². The van der Waals surface area contributed by atoms with Crippen LogP contribution in [0.2, 0.25) is 0 Å². The van der Waals surface area contributed by atoms with Crippen LogP contribution in [0.15, 0.2) is 0 Å². The maximum Gasteiger partial charge on any atom is -0.0243 e. The minimum atomic E-state index is 0.674. The lowest BCUT2D eigenvalue weighted by atomic mass is 9.64. The van der Waals surface area contributed by atoms with Crippen LogP contribution in [-0.2, 0) is 0 Å². The van der Waals surface area contributed by atoms with Gasteiger partial charge in [0.15, 0.2) is 0 Å². The van der Waals surface area contributed by atoms with Crippen molar-refractivity contribution in [3.05, 3.63) is 0 Å². The van der Waals surface area contributed by atoms with E-state index in [4.69, 9.17) is 0 Å². The fourth-order valence-corrected chi connectivity index (χ4v) is 5.25. The maximum absolute atomic E-state index is 2.57. The lowest BCUT2D eigenvalue weighted by Gasteiger charge is -2.41. The summed E-state index contributed by atoms with van der Waals surface area (Å²) in [7, 11) is 0. The van der Waals surface area contributed by atoms with E-state index in [0.29, 0.717) is 5.41 Å². The minimum Gasteiger partial charge on any atom is -0.0651 e. The van der Waals surface area contributed by atoms with Crippen LogP contribution in [0.25, 0.3) is 0 Å². The van der Waals surface area contributed by atoms with Gasteiger partial charge in [0.05, 0.1) is 0 Å². The molecular weight excluding hydrogens is 276 g/mol. The third kappa shape index (κ3) is 4.35. The zero-order valence-electron chi connectivity index (χ0n) is 17.9. The summed E-state index contributed by atoms with van der Waals surface area (Å²) >= 11 is 0. The van der Waals surface area contributed by atoms with E-state index in [9.17, 15) is 0 Å². The van der Waals surface area contributed by atoms with Crippen molar-refractivity contribution in [3.8, 4) is 0 Å². The van der Waals surface area contributed by atoms with Gasteiger partial charge in [-0.1, -0.05) is 82.1 Å². The van der Waals surface area contributed by atoms with Crippen molar-refractivity contribution in [3.63, 3.8) is 0 Å². The highest BCUT2D eigenvalue weighted by Crippen LogP contribution is 2.61. The molecule has 23 heavy (non-hydrogen) atoms. The molecule has 0 aliphatic heterocycles. The normalized spacial score (nSPS) is 27.4. The van der Waals surface area contributed by atoms with E-state index in [-0.39, 0.29) is 0 Å². The van der Waals surface area contributed by atoms with Crippen LogP contribution in [0.1, 0.15) is 94.9 Å². The van der Waals surface area contributed by atoms with Gasteiger partial charge >= 0.3 is 0 Å². The van der Waals surface area contributed by atoms with E-state index >= 15 is 0 Å². The molecule has 0 aromatic rings. The minimum absolute atomic E-state index is 0.674. The van der Waals surface area contributed by atoms with Crippen LogP contribution < -0.4 is 0 Å². The third-order valence-corrected chi connectivity index (χ3v) is 8.98. The summed E-state index contributed by atoms with van der Waals surface area (Å²) in [6.45, 7) is 24.8. The van der Waals surface area contributed by atoms with Gasteiger partial charge < -0.3 is 0 Å². The standard InChI is InChI=1S/C23H46/c1-11-15(3)17(5)18(6)19(7)20(8)21(9)22(10)23(13-14-23)16(4)12-2/h15-22H,11-14H2,1-10H3. The van der Waals surface area contributed by atoms with Crippen LogP contribution in [0, 0.1) is 52.8 Å². The third-order valence-electron chi connectivity index (χ3n) is 8.98. The van der Waals surface area contributed by atoms with E-state index in [1.165, 1.54) is 25.7 Å². The molecule has 8 unspecified atom stereocenters. The maximum atomic E-state index is 2.57. The van der Waals surface area contributed by atoms with Gasteiger partial charge in [0.1, 0.15) is 0 Å². The second-order valence-electron chi connectivity index (χ2n) is 9.51. The number of hydrogen-bond acceptors (Lipinski definition) is 0. The average molecular weight is 323 g/mol. The number of rotatable bonds is 10. The van der Waals surface area contributed by atoms with Gasteiger partial charge in [-0.05, 0) is 65.6 Å². The molecule has 0 saturated heterocycles. The summed E-state index contributed by atoms with van der Waals surface area (Å²) in [6, 6.07) is 0. The lowest BCUT2D eigenvalue weighted by molar-refractivity contribution is 0.0746. The molecule has 0 nitrogen and oxygen atoms in total. The summed E-state index contributed by atoms with van der Waals surface area (Å²) in [6.07, 6.45) is 5.62. The molecule has 0 spiro atoms. The second-order valence-corrected chi connectivity index (χ2v) is 9.51. The van der Waals surface area contributed by atoms with E-state index < -0.39 is 0 Å². The molecule has 0 amide bonds. The molecule has 1 saturated carbocycles. The molecule has 0 radical (unpaired) electrons. The number of hydrogen-bond donors (Lipinski definition) is 0. The Morgan fingerprint density at radius 3 is 1.43 bits per heavy atom. The fraction of sp³-hybridized carbons (Fsp3) is 1.00. The molecule has 1 fully saturated rings. The topological polar surface area (TPSA) is 0 Å². The Balaban J connectivity index is 2.73. The van der Waals surface area contributed by atoms with Gasteiger partial charge in [-0.2, -0.15) is 0 Å². The van der Waals surface area contributed by atoms with E-state index in [0.717, 1.165) is 47.3 Å². The summed E-state index contributed by atoms with van der Waals surface area (Å²) in [5, 5.41) is 0. The second kappa shape index (κ2) is 8.39. The molecule has 0 N–H and O–H groups in total. The zero-order valence-corrected chi connectivity index (χ0v) is 17.9. The van der Waals surface area contributed by atoms with Gasteiger partial charge in [-0.25, -0.2) is 0 Å². The monoisotopic (exact) mass is 322 g/mol. The molecule has 0 heteroatoms. The molecule has 8 atom stereocenters. The molecule has 1 rings (SSSR count). The summed E-state index contributed by atoms with van der Waals surface area (Å²) < 4.78 is 0. The highest BCUT2D eigenvalue weighted by atomic mass is 14.6. The first-order chi connectivity index (χ1) is 10.6. The predicted octanol–water partition coefficient (Wildman–Crippen LogP) is 7.68. The van der Waals surface area contributed by atoms with Gasteiger partial charge in [0, 0.05) is 0 Å². The molecule has 138 valence electrons. The first-order valence-corrected chi connectivity index (χ1v) is 10.6. The van der Waals surface area contributed by atoms with Crippen molar-refractivity contribution in [1.82, 2.24) is 0 Å². The van der Waals surface area contributed by atoms with Crippen molar-refractivity contribution in [2.24, 2.45) is 52.8 Å². The van der Waals surface area contributed by atoms with Gasteiger partial charge in [-0.3, -0.25) is 0 Å². The molecule has 0 heterocycles. The van der Waals surface area contributed by atoms with Crippen LogP contribution >= 0.6 is 0 Å². The SMILES string of the molecule is CCC(C)C(C)C(C)C(C)C(C)C(C)C(C)C1(C(C)CC)CC1. The van der Waals surface area contributed by atoms with Crippen molar-refractivity contribution in [2.45, 2.75) is 94.9 Å². The Kier molecular flexibility index (Phi) is 7.68. The Bertz CT molecular complexity index is 340. The molecular formula is C23H46. The summed E-state index contributed by atoms with van der Waals surface area (Å²) in [5.41, 5.74) is 0.674. The first-order valence-electron chi connectivity index (χ1n) is 10.6. The molecule has 0 aromatic carbocycles.